The summed E-state index contributed by atoms with van der Waals surface area (Å²) < 4.78 is 2.43. The molecule has 0 aliphatic heterocycles. The number of carbonyl (C=O) groups is 1. The van der Waals surface area contributed by atoms with E-state index in [9.17, 15) is 20.2 Å². The minimum Gasteiger partial charge on any atom is -0.390 e. The average molecular weight is 562 g/mol. The molecule has 0 unspecified atom stereocenters. The van der Waals surface area contributed by atoms with Gasteiger partial charge in [0.2, 0.25) is 5.69 Å². The summed E-state index contributed by atoms with van der Waals surface area (Å²) in [6, 6.07) is 5.23. The number of hydrogen-bond donors (Lipinski definition) is 6. The Morgan fingerprint density at radius 1 is 1.22 bits per heavy atom. The van der Waals surface area contributed by atoms with Crippen molar-refractivity contribution in [3.63, 3.8) is 0 Å². The van der Waals surface area contributed by atoms with E-state index in [1.54, 1.807) is 62.8 Å². The summed E-state index contributed by atoms with van der Waals surface area (Å²) >= 11 is 0. The Morgan fingerprint density at radius 3 is 2.54 bits per heavy atom. The Labute approximate surface area is 240 Å². The van der Waals surface area contributed by atoms with Crippen LogP contribution in [-0.4, -0.2) is 48.5 Å². The highest BCUT2D eigenvalue weighted by atomic mass is 16.5. The van der Waals surface area contributed by atoms with Crippen molar-refractivity contribution in [2.45, 2.75) is 89.4 Å². The number of carbonyl (C=O) groups excluding carboxylic acids is 1. The Bertz CT molecular complexity index is 1430. The normalized spacial score (nSPS) is 24.3. The highest BCUT2D eigenvalue weighted by Crippen LogP contribution is 2.47. The van der Waals surface area contributed by atoms with Crippen molar-refractivity contribution in [3.05, 3.63) is 77.2 Å². The number of rotatable bonds is 8. The molecule has 218 valence electrons. The summed E-state index contributed by atoms with van der Waals surface area (Å²) in [5.74, 6) is -0.0685. The Balaban J connectivity index is 1.41. The van der Waals surface area contributed by atoms with Crippen molar-refractivity contribution in [1.29, 1.82) is 5.41 Å². The highest BCUT2D eigenvalue weighted by Gasteiger charge is 2.45. The van der Waals surface area contributed by atoms with Gasteiger partial charge < -0.3 is 26.3 Å². The molecular formula is C31H41N6O4+. The first-order valence-corrected chi connectivity index (χ1v) is 14.4. The molecule has 0 aromatic carbocycles. The fraction of sp³-hybridized carbons (Fsp3) is 0.484. The first kappa shape index (κ1) is 28.8. The third-order valence-electron chi connectivity index (χ3n) is 8.43. The minimum absolute atomic E-state index is 0.00238. The zero-order chi connectivity index (χ0) is 29.5. The largest absolute Gasteiger partial charge is 0.390 e. The van der Waals surface area contributed by atoms with Gasteiger partial charge in [-0.2, -0.15) is 5.10 Å². The molecule has 3 aliphatic rings. The molecule has 3 aliphatic carbocycles. The van der Waals surface area contributed by atoms with Crippen LogP contribution in [-0.2, 0) is 5.60 Å². The van der Waals surface area contributed by atoms with Crippen LogP contribution in [0.25, 0.3) is 5.70 Å². The maximum absolute atomic E-state index is 13.4. The number of nitrogens with one attached hydrogen (secondary N) is 3. The summed E-state index contributed by atoms with van der Waals surface area (Å²) in [5, 5.41) is 51.5. The van der Waals surface area contributed by atoms with Crippen LogP contribution < -0.4 is 15.4 Å². The number of allylic oxidation sites excluding steroid dienone is 4. The molecule has 10 heteroatoms. The zero-order valence-corrected chi connectivity index (χ0v) is 24.2. The van der Waals surface area contributed by atoms with Crippen LogP contribution in [0, 0.1) is 11.3 Å². The smallest absolute Gasteiger partial charge is 0.325 e. The lowest BCUT2D eigenvalue weighted by Crippen LogP contribution is -2.45. The van der Waals surface area contributed by atoms with Crippen molar-refractivity contribution in [3.8, 4) is 0 Å². The van der Waals surface area contributed by atoms with E-state index in [4.69, 9.17) is 5.41 Å². The van der Waals surface area contributed by atoms with Gasteiger partial charge in [-0.1, -0.05) is 13.8 Å². The van der Waals surface area contributed by atoms with Crippen LogP contribution in [0.5, 0.6) is 0 Å². The van der Waals surface area contributed by atoms with E-state index >= 15 is 0 Å². The predicted octanol–water partition coefficient (Wildman–Crippen LogP) is 3.50. The molecule has 0 saturated heterocycles. The summed E-state index contributed by atoms with van der Waals surface area (Å²) in [5.41, 5.74) is 1.27. The molecule has 2 heterocycles. The predicted molar refractivity (Wildman–Crippen MR) is 154 cm³/mol. The summed E-state index contributed by atoms with van der Waals surface area (Å²) in [6.07, 6.45) is 13.8. The lowest BCUT2D eigenvalue weighted by molar-refractivity contribution is -0.911. The lowest BCUT2D eigenvalue weighted by Gasteiger charge is -2.36. The second-order valence-electron chi connectivity index (χ2n) is 12.4. The minimum atomic E-state index is -1.12. The van der Waals surface area contributed by atoms with Gasteiger partial charge in [0.15, 0.2) is 0 Å². The van der Waals surface area contributed by atoms with Crippen molar-refractivity contribution < 1.29 is 24.9 Å². The topological polar surface area (TPSA) is 147 Å². The van der Waals surface area contributed by atoms with Crippen LogP contribution in [0.3, 0.4) is 0 Å². The van der Waals surface area contributed by atoms with Crippen LogP contribution in [0.2, 0.25) is 0 Å². The van der Waals surface area contributed by atoms with Gasteiger partial charge in [-0.3, -0.25) is 10.0 Å². The zero-order valence-electron chi connectivity index (χ0n) is 24.2. The van der Waals surface area contributed by atoms with Crippen LogP contribution in [0.15, 0.2) is 60.2 Å². The van der Waals surface area contributed by atoms with E-state index in [0.717, 1.165) is 43.3 Å². The van der Waals surface area contributed by atoms with Gasteiger partial charge in [0.1, 0.15) is 0 Å². The SMILES string of the molecule is CC(C)c1cccc(C(=O)NC2=C/C(=C/N[C@H]3CC[C@@](O)(C4CC4)CC3)C(=N)C=C2n2cc(C(C)(C)O)cn2)[n+]1O. The molecule has 0 atom stereocenters. The van der Waals surface area contributed by atoms with Crippen molar-refractivity contribution in [2.24, 2.45) is 5.92 Å². The standard InChI is InChI=1S/C31H40N6O4/c1-19(2)26-6-5-7-27(37(26)41)29(38)35-25-14-20(16-33-23-10-12-31(40,13-11-23)21-8-9-21)24(32)15-28(25)36-18-22(17-34-36)30(3,4)39/h5-7,14-19,21,23,32,38-41H,8-13H2,1-4H3/p+1/t23-,31-. The molecule has 5 rings (SSSR count). The number of aliphatic hydroxyl groups is 2. The second-order valence-corrected chi connectivity index (χ2v) is 12.4. The maximum Gasteiger partial charge on any atom is 0.325 e. The Morgan fingerprint density at radius 2 is 1.93 bits per heavy atom. The molecule has 2 aromatic rings. The lowest BCUT2D eigenvalue weighted by atomic mass is 9.79. The van der Waals surface area contributed by atoms with E-state index in [2.05, 4.69) is 15.7 Å². The van der Waals surface area contributed by atoms with Crippen LogP contribution in [0.4, 0.5) is 0 Å². The van der Waals surface area contributed by atoms with Crippen molar-refractivity contribution in [2.75, 3.05) is 0 Å². The van der Waals surface area contributed by atoms with Crippen molar-refractivity contribution in [1.82, 2.24) is 20.4 Å². The fourth-order valence-electron chi connectivity index (χ4n) is 5.62. The maximum atomic E-state index is 13.4. The molecule has 0 radical (unpaired) electrons. The number of hydrogen-bond acceptors (Lipinski definition) is 7. The molecule has 2 aromatic heterocycles. The molecule has 1 amide bonds. The Kier molecular flexibility index (Phi) is 7.65. The van der Waals surface area contributed by atoms with Gasteiger partial charge in [-0.25, -0.2) is 4.68 Å². The van der Waals surface area contributed by atoms with E-state index in [-0.39, 0.29) is 23.4 Å². The molecule has 2 fully saturated rings. The third-order valence-corrected chi connectivity index (χ3v) is 8.43. The molecule has 2 saturated carbocycles. The summed E-state index contributed by atoms with van der Waals surface area (Å²) in [4.78, 5) is 13.4. The van der Waals surface area contributed by atoms with E-state index in [0.29, 0.717) is 34.1 Å². The Hall–Kier alpha value is -3.76. The molecule has 0 bridgehead atoms. The second kappa shape index (κ2) is 10.9. The van der Waals surface area contributed by atoms with E-state index in [1.165, 1.54) is 4.68 Å². The highest BCUT2D eigenvalue weighted by molar-refractivity contribution is 6.14. The van der Waals surface area contributed by atoms with E-state index in [1.807, 2.05) is 13.8 Å². The van der Waals surface area contributed by atoms with Crippen molar-refractivity contribution >= 4 is 17.3 Å². The molecule has 6 N–H and O–H groups in total. The summed E-state index contributed by atoms with van der Waals surface area (Å²) in [7, 11) is 0. The fourth-order valence-corrected chi connectivity index (χ4v) is 5.62. The van der Waals surface area contributed by atoms with Gasteiger partial charge in [0.05, 0.1) is 34.5 Å². The number of pyridine rings is 1. The quantitative estimate of drug-likeness (QED) is 0.215. The third kappa shape index (κ3) is 6.13. The van der Waals surface area contributed by atoms with Gasteiger partial charge in [-0.05, 0) is 76.5 Å². The number of nitrogens with zero attached hydrogens (tertiary/aromatic N) is 3. The monoisotopic (exact) mass is 561 g/mol. The van der Waals surface area contributed by atoms with Gasteiger partial charge >= 0.3 is 11.6 Å². The van der Waals surface area contributed by atoms with Crippen LogP contribution >= 0.6 is 0 Å². The molecule has 10 nitrogen and oxygen atoms in total. The van der Waals surface area contributed by atoms with E-state index < -0.39 is 17.1 Å². The molecule has 41 heavy (non-hydrogen) atoms. The number of aromatic nitrogens is 3. The van der Waals surface area contributed by atoms with Gasteiger partial charge in [0, 0.05) is 52.4 Å². The summed E-state index contributed by atoms with van der Waals surface area (Å²) in [6.45, 7) is 7.19. The van der Waals surface area contributed by atoms with Gasteiger partial charge in [0.25, 0.3) is 0 Å². The molecular weight excluding hydrogens is 520 g/mol. The van der Waals surface area contributed by atoms with Crippen LogP contribution in [0.1, 0.15) is 93.9 Å². The van der Waals surface area contributed by atoms with Gasteiger partial charge in [-0.15, -0.1) is 0 Å². The molecule has 0 spiro atoms. The average Bonchev–Trinajstić information content (AvgIpc) is 3.66. The first-order chi connectivity index (χ1) is 19.4. The first-order valence-electron chi connectivity index (χ1n) is 14.4. The number of amides is 1.